The van der Waals surface area contributed by atoms with Crippen LogP contribution in [0.3, 0.4) is 0 Å². The Bertz CT molecular complexity index is 284. The lowest BCUT2D eigenvalue weighted by Crippen LogP contribution is -2.27. The van der Waals surface area contributed by atoms with Gasteiger partial charge in [-0.15, -0.1) is 0 Å². The molecule has 1 heterocycles. The maximum Gasteiger partial charge on any atom is 0.276 e. The molecule has 5 nitrogen and oxygen atoms in total. The van der Waals surface area contributed by atoms with Gasteiger partial charge in [-0.2, -0.15) is 0 Å². The second-order valence-electron chi connectivity index (χ2n) is 2.82. The van der Waals surface area contributed by atoms with Gasteiger partial charge in [0, 0.05) is 25.7 Å². The van der Waals surface area contributed by atoms with Crippen LogP contribution < -0.4 is 5.48 Å². The standard InChI is InChI=1S/C9H11N2O3/c12-6-2-5-11-4-1-3-8(7-11)9(13)10-14/h1,3,7,14H,2,4-5H2,(H,10,13). The van der Waals surface area contributed by atoms with Crippen molar-refractivity contribution < 1.29 is 14.8 Å². The Morgan fingerprint density at radius 2 is 2.50 bits per heavy atom. The summed E-state index contributed by atoms with van der Waals surface area (Å²) in [5.41, 5.74) is 1.91. The van der Waals surface area contributed by atoms with E-state index in [1.807, 2.05) is 0 Å². The van der Waals surface area contributed by atoms with Crippen LogP contribution in [0.1, 0.15) is 6.42 Å². The zero-order chi connectivity index (χ0) is 10.4. The minimum atomic E-state index is -0.555. The first-order valence-corrected chi connectivity index (χ1v) is 4.19. The molecule has 1 rings (SSSR count). The number of hydrogen-bond donors (Lipinski definition) is 2. The van der Waals surface area contributed by atoms with E-state index in [1.165, 1.54) is 0 Å². The van der Waals surface area contributed by atoms with Crippen LogP contribution in [0, 0.1) is 0 Å². The topological polar surface area (TPSA) is 69.6 Å². The highest BCUT2D eigenvalue weighted by Crippen LogP contribution is 2.07. The summed E-state index contributed by atoms with van der Waals surface area (Å²) in [6.07, 6.45) is 7.09. The Morgan fingerprint density at radius 3 is 3.14 bits per heavy atom. The van der Waals surface area contributed by atoms with E-state index in [9.17, 15) is 9.59 Å². The fourth-order valence-corrected chi connectivity index (χ4v) is 1.15. The third-order valence-electron chi connectivity index (χ3n) is 1.82. The van der Waals surface area contributed by atoms with E-state index in [0.29, 0.717) is 25.1 Å². The molecule has 1 amide bonds. The molecule has 0 fully saturated rings. The van der Waals surface area contributed by atoms with Crippen molar-refractivity contribution in [3.63, 3.8) is 0 Å². The van der Waals surface area contributed by atoms with Gasteiger partial charge in [0.1, 0.15) is 0 Å². The van der Waals surface area contributed by atoms with Gasteiger partial charge < -0.3 is 4.90 Å². The van der Waals surface area contributed by atoms with Crippen LogP contribution in [0.2, 0.25) is 0 Å². The van der Waals surface area contributed by atoms with Gasteiger partial charge in [-0.05, 0) is 0 Å². The number of nitrogens with zero attached hydrogens (tertiary/aromatic N) is 1. The third-order valence-corrected chi connectivity index (χ3v) is 1.82. The van der Waals surface area contributed by atoms with Gasteiger partial charge in [-0.3, -0.25) is 14.8 Å². The number of hydroxylamine groups is 1. The SMILES string of the molecule is O=[C]CCN1C=C(C(=O)NO)C=CC1. The molecule has 1 aliphatic heterocycles. The molecule has 0 saturated carbocycles. The van der Waals surface area contributed by atoms with Crippen LogP contribution in [0.5, 0.6) is 0 Å². The smallest absolute Gasteiger partial charge is 0.276 e. The number of carbonyl (C=O) groups excluding carboxylic acids is 2. The lowest BCUT2D eigenvalue weighted by molar-refractivity contribution is -0.125. The Kier molecular flexibility index (Phi) is 3.87. The van der Waals surface area contributed by atoms with E-state index in [1.54, 1.807) is 35.0 Å². The molecule has 0 aliphatic carbocycles. The Morgan fingerprint density at radius 1 is 1.71 bits per heavy atom. The third kappa shape index (κ3) is 2.70. The van der Waals surface area contributed by atoms with Crippen molar-refractivity contribution in [2.75, 3.05) is 13.1 Å². The number of amides is 1. The van der Waals surface area contributed by atoms with E-state index >= 15 is 0 Å². The van der Waals surface area contributed by atoms with Crippen molar-refractivity contribution in [2.45, 2.75) is 6.42 Å². The monoisotopic (exact) mass is 195 g/mol. The van der Waals surface area contributed by atoms with E-state index in [0.717, 1.165) is 0 Å². The summed E-state index contributed by atoms with van der Waals surface area (Å²) in [6.45, 7) is 1.18. The summed E-state index contributed by atoms with van der Waals surface area (Å²) in [6, 6.07) is 0. The predicted octanol–water partition coefficient (Wildman–Crippen LogP) is -0.253. The highest BCUT2D eigenvalue weighted by molar-refractivity contribution is 5.95. The lowest BCUT2D eigenvalue weighted by Gasteiger charge is -2.21. The minimum Gasteiger partial charge on any atom is -0.373 e. The highest BCUT2D eigenvalue weighted by Gasteiger charge is 2.10. The molecular formula is C9H11N2O3. The number of nitrogens with one attached hydrogen (secondary N) is 1. The fraction of sp³-hybridized carbons (Fsp3) is 0.333. The van der Waals surface area contributed by atoms with Crippen LogP contribution in [-0.4, -0.2) is 35.4 Å². The lowest BCUT2D eigenvalue weighted by atomic mass is 10.2. The first-order valence-electron chi connectivity index (χ1n) is 4.19. The fourth-order valence-electron chi connectivity index (χ4n) is 1.15. The summed E-state index contributed by atoms with van der Waals surface area (Å²) in [5, 5.41) is 8.39. The highest BCUT2D eigenvalue weighted by atomic mass is 16.5. The van der Waals surface area contributed by atoms with Crippen molar-refractivity contribution in [3.8, 4) is 0 Å². The van der Waals surface area contributed by atoms with E-state index in [4.69, 9.17) is 5.21 Å². The quantitative estimate of drug-likeness (QED) is 0.479. The average molecular weight is 195 g/mol. The van der Waals surface area contributed by atoms with E-state index in [2.05, 4.69) is 0 Å². The van der Waals surface area contributed by atoms with Gasteiger partial charge >= 0.3 is 0 Å². The number of rotatable bonds is 4. The molecule has 0 spiro atoms. The molecule has 5 heteroatoms. The molecule has 1 aliphatic rings. The van der Waals surface area contributed by atoms with Gasteiger partial charge in [0.25, 0.3) is 5.91 Å². The maximum absolute atomic E-state index is 11.0. The van der Waals surface area contributed by atoms with Gasteiger partial charge in [0.15, 0.2) is 6.29 Å². The van der Waals surface area contributed by atoms with Crippen LogP contribution in [0.15, 0.2) is 23.9 Å². The molecule has 0 aromatic rings. The number of carbonyl (C=O) groups is 1. The van der Waals surface area contributed by atoms with Gasteiger partial charge in [0.2, 0.25) is 0 Å². The summed E-state index contributed by atoms with van der Waals surface area (Å²) in [7, 11) is 0. The zero-order valence-corrected chi connectivity index (χ0v) is 7.56. The Labute approximate surface area is 81.7 Å². The molecule has 75 valence electrons. The van der Waals surface area contributed by atoms with Crippen molar-refractivity contribution in [1.82, 2.24) is 10.4 Å². The van der Waals surface area contributed by atoms with Gasteiger partial charge in [0.05, 0.1) is 5.57 Å². The molecule has 0 unspecified atom stereocenters. The predicted molar refractivity (Wildman–Crippen MR) is 49.0 cm³/mol. The molecule has 1 radical (unpaired) electrons. The molecule has 0 saturated heterocycles. The zero-order valence-electron chi connectivity index (χ0n) is 7.56. The van der Waals surface area contributed by atoms with Crippen molar-refractivity contribution >= 4 is 12.2 Å². The Balaban J connectivity index is 2.58. The Hall–Kier alpha value is -1.62. The van der Waals surface area contributed by atoms with Crippen LogP contribution in [0.4, 0.5) is 0 Å². The van der Waals surface area contributed by atoms with Gasteiger partial charge in [-0.25, -0.2) is 5.48 Å². The summed E-state index contributed by atoms with van der Waals surface area (Å²) in [5.74, 6) is -0.555. The van der Waals surface area contributed by atoms with E-state index in [-0.39, 0.29) is 0 Å². The summed E-state index contributed by atoms with van der Waals surface area (Å²) in [4.78, 5) is 22.8. The number of hydrogen-bond acceptors (Lipinski definition) is 4. The second-order valence-corrected chi connectivity index (χ2v) is 2.82. The largest absolute Gasteiger partial charge is 0.373 e. The average Bonchev–Trinajstić information content (AvgIpc) is 2.25. The van der Waals surface area contributed by atoms with Crippen molar-refractivity contribution in [3.05, 3.63) is 23.9 Å². The summed E-state index contributed by atoms with van der Waals surface area (Å²) >= 11 is 0. The van der Waals surface area contributed by atoms with Crippen molar-refractivity contribution in [2.24, 2.45) is 0 Å². The minimum absolute atomic E-state index is 0.304. The van der Waals surface area contributed by atoms with Crippen molar-refractivity contribution in [1.29, 1.82) is 0 Å². The molecule has 2 N–H and O–H groups in total. The first kappa shape index (κ1) is 10.5. The van der Waals surface area contributed by atoms with Gasteiger partial charge in [-0.1, -0.05) is 12.2 Å². The first-order chi connectivity index (χ1) is 6.77. The molecule has 14 heavy (non-hydrogen) atoms. The molecule has 0 aromatic carbocycles. The molecular weight excluding hydrogens is 184 g/mol. The molecule has 0 bridgehead atoms. The maximum atomic E-state index is 11.0. The second kappa shape index (κ2) is 5.18. The van der Waals surface area contributed by atoms with Crippen LogP contribution >= 0.6 is 0 Å². The van der Waals surface area contributed by atoms with Crippen LogP contribution in [0.25, 0.3) is 0 Å². The molecule has 0 aromatic heterocycles. The van der Waals surface area contributed by atoms with Crippen LogP contribution in [-0.2, 0) is 9.59 Å². The normalized spacial score (nSPS) is 14.9. The van der Waals surface area contributed by atoms with E-state index < -0.39 is 5.91 Å². The summed E-state index contributed by atoms with van der Waals surface area (Å²) < 4.78 is 0. The molecule has 0 atom stereocenters.